The first-order chi connectivity index (χ1) is 24.1. The molecule has 0 aliphatic rings. The highest BCUT2D eigenvalue weighted by Gasteiger charge is 2.14. The van der Waals surface area contributed by atoms with Crippen LogP contribution in [0, 0.1) is 0 Å². The van der Waals surface area contributed by atoms with Crippen LogP contribution in [0.2, 0.25) is 0 Å². The Kier molecular flexibility index (Phi) is 38.8. The van der Waals surface area contributed by atoms with E-state index in [1.807, 2.05) is 0 Å². The van der Waals surface area contributed by atoms with Crippen LogP contribution in [-0.2, 0) is 19.1 Å². The molecule has 0 aromatic heterocycles. The van der Waals surface area contributed by atoms with Gasteiger partial charge in [-0.2, -0.15) is 0 Å². The molecule has 0 N–H and O–H groups in total. The number of carbonyl (C=O) groups excluding carboxylic acids is 2. The van der Waals surface area contributed by atoms with Crippen molar-refractivity contribution in [1.29, 1.82) is 0 Å². The third-order valence-electron chi connectivity index (χ3n) is 10.2. The second-order valence-electron chi connectivity index (χ2n) is 15.0. The zero-order valence-electron chi connectivity index (χ0n) is 33.8. The van der Waals surface area contributed by atoms with Crippen molar-refractivity contribution in [1.82, 2.24) is 4.90 Å². The molecule has 0 heterocycles. The van der Waals surface area contributed by atoms with Crippen molar-refractivity contribution < 1.29 is 19.1 Å². The quantitative estimate of drug-likeness (QED) is 0.0472. The Balaban J connectivity index is 3.87. The summed E-state index contributed by atoms with van der Waals surface area (Å²) in [5.74, 6) is 0.00705. The highest BCUT2D eigenvalue weighted by atomic mass is 16.5. The molecule has 0 radical (unpaired) electrons. The first-order valence-electron chi connectivity index (χ1n) is 22.1. The van der Waals surface area contributed by atoms with Crippen LogP contribution >= 0.6 is 0 Å². The minimum atomic E-state index is -0.0195. The van der Waals surface area contributed by atoms with Crippen LogP contribution in [0.4, 0.5) is 0 Å². The fourth-order valence-corrected chi connectivity index (χ4v) is 6.85. The fourth-order valence-electron chi connectivity index (χ4n) is 6.85. The number of esters is 2. The number of nitrogens with zero attached hydrogens (tertiary/aromatic N) is 1. The predicted octanol–water partition coefficient (Wildman–Crippen LogP) is 13.7. The molecule has 0 fully saturated rings. The Hall–Kier alpha value is -1.10. The molecule has 0 aromatic rings. The normalized spacial score (nSPS) is 11.6. The second kappa shape index (κ2) is 39.7. The van der Waals surface area contributed by atoms with E-state index in [0.29, 0.717) is 19.4 Å². The van der Waals surface area contributed by atoms with Crippen LogP contribution < -0.4 is 0 Å². The smallest absolute Gasteiger partial charge is 0.306 e. The van der Waals surface area contributed by atoms with Crippen molar-refractivity contribution in [2.24, 2.45) is 0 Å². The van der Waals surface area contributed by atoms with Crippen molar-refractivity contribution in [3.05, 3.63) is 0 Å². The largest absolute Gasteiger partial charge is 0.466 e. The third-order valence-corrected chi connectivity index (χ3v) is 10.2. The van der Waals surface area contributed by atoms with E-state index in [1.54, 1.807) is 0 Å². The van der Waals surface area contributed by atoms with Gasteiger partial charge in [0.2, 0.25) is 0 Å². The molecule has 0 atom stereocenters. The summed E-state index contributed by atoms with van der Waals surface area (Å²) in [6, 6.07) is 0. The van der Waals surface area contributed by atoms with Gasteiger partial charge in [-0.05, 0) is 64.5 Å². The van der Waals surface area contributed by atoms with E-state index < -0.39 is 0 Å². The molecule has 0 saturated carbocycles. The summed E-state index contributed by atoms with van der Waals surface area (Å²) in [4.78, 5) is 27.3. The van der Waals surface area contributed by atoms with Crippen LogP contribution in [0.1, 0.15) is 240 Å². The molecular weight excluding hydrogens is 606 g/mol. The summed E-state index contributed by atoms with van der Waals surface area (Å²) < 4.78 is 11.5. The van der Waals surface area contributed by atoms with Gasteiger partial charge in [0.25, 0.3) is 0 Å². The lowest BCUT2D eigenvalue weighted by Crippen LogP contribution is -2.26. The van der Waals surface area contributed by atoms with E-state index >= 15 is 0 Å². The highest BCUT2D eigenvalue weighted by Crippen LogP contribution is 2.18. The molecule has 0 aromatic carbocycles. The molecule has 0 unspecified atom stereocenters. The third kappa shape index (κ3) is 36.5. The summed E-state index contributed by atoms with van der Waals surface area (Å²) >= 11 is 0. The van der Waals surface area contributed by atoms with Gasteiger partial charge >= 0.3 is 11.9 Å². The SMILES string of the molecule is CCCCCCCCCCCCCC(=O)OCCCN(CC)CCCCCCCC(=O)OC(CCCCCCCC)CCCCCCCC. The summed E-state index contributed by atoms with van der Waals surface area (Å²) in [6.07, 6.45) is 39.7. The Bertz CT molecular complexity index is 668. The number of carbonyl (C=O) groups is 2. The summed E-state index contributed by atoms with van der Waals surface area (Å²) in [7, 11) is 0. The average Bonchev–Trinajstić information content (AvgIpc) is 3.10. The lowest BCUT2D eigenvalue weighted by Gasteiger charge is -2.20. The van der Waals surface area contributed by atoms with E-state index in [2.05, 4.69) is 32.6 Å². The highest BCUT2D eigenvalue weighted by molar-refractivity contribution is 5.69. The van der Waals surface area contributed by atoms with Crippen LogP contribution in [0.25, 0.3) is 0 Å². The number of hydrogen-bond acceptors (Lipinski definition) is 5. The van der Waals surface area contributed by atoms with Crippen LogP contribution in [0.15, 0.2) is 0 Å². The Labute approximate surface area is 307 Å². The summed E-state index contributed by atoms with van der Waals surface area (Å²) in [5.41, 5.74) is 0. The first-order valence-corrected chi connectivity index (χ1v) is 22.1. The number of ether oxygens (including phenoxy) is 2. The number of hydrogen-bond donors (Lipinski definition) is 0. The lowest BCUT2D eigenvalue weighted by molar-refractivity contribution is -0.150. The van der Waals surface area contributed by atoms with E-state index in [9.17, 15) is 9.59 Å². The molecule has 0 bridgehead atoms. The van der Waals surface area contributed by atoms with E-state index in [1.165, 1.54) is 154 Å². The Morgan fingerprint density at radius 3 is 1.24 bits per heavy atom. The van der Waals surface area contributed by atoms with Gasteiger partial charge < -0.3 is 14.4 Å². The molecule has 0 aliphatic carbocycles. The summed E-state index contributed by atoms with van der Waals surface area (Å²) in [5, 5.41) is 0. The number of unbranched alkanes of at least 4 members (excludes halogenated alkanes) is 24. The molecule has 0 amide bonds. The van der Waals surface area contributed by atoms with Crippen molar-refractivity contribution >= 4 is 11.9 Å². The van der Waals surface area contributed by atoms with Gasteiger partial charge in [0.15, 0.2) is 0 Å². The zero-order valence-corrected chi connectivity index (χ0v) is 33.8. The monoisotopic (exact) mass is 694 g/mol. The molecule has 49 heavy (non-hydrogen) atoms. The van der Waals surface area contributed by atoms with E-state index in [-0.39, 0.29) is 18.0 Å². The van der Waals surface area contributed by atoms with E-state index in [0.717, 1.165) is 64.6 Å². The topological polar surface area (TPSA) is 55.8 Å². The lowest BCUT2D eigenvalue weighted by atomic mass is 10.0. The Morgan fingerprint density at radius 1 is 0.429 bits per heavy atom. The molecule has 5 nitrogen and oxygen atoms in total. The maximum atomic E-state index is 12.7. The second-order valence-corrected chi connectivity index (χ2v) is 15.0. The van der Waals surface area contributed by atoms with Crippen LogP contribution in [0.3, 0.4) is 0 Å². The molecule has 5 heteroatoms. The Morgan fingerprint density at radius 2 is 0.796 bits per heavy atom. The summed E-state index contributed by atoms with van der Waals surface area (Å²) in [6.45, 7) is 12.7. The standard InChI is InChI=1S/C44H87NO4/c1-5-9-12-15-18-19-20-21-22-26-31-37-43(46)48-41-34-40-45(8-4)39-33-28-23-27-32-38-44(47)49-42(35-29-24-16-13-10-6-2)36-30-25-17-14-11-7-3/h42H,5-41H2,1-4H3. The maximum absolute atomic E-state index is 12.7. The van der Waals surface area contributed by atoms with Crippen molar-refractivity contribution in [2.45, 2.75) is 246 Å². The molecule has 292 valence electrons. The van der Waals surface area contributed by atoms with Crippen LogP contribution in [0.5, 0.6) is 0 Å². The van der Waals surface area contributed by atoms with Gasteiger partial charge in [-0.15, -0.1) is 0 Å². The van der Waals surface area contributed by atoms with Gasteiger partial charge in [-0.25, -0.2) is 0 Å². The maximum Gasteiger partial charge on any atom is 0.306 e. The van der Waals surface area contributed by atoms with Gasteiger partial charge in [0, 0.05) is 19.4 Å². The zero-order chi connectivity index (χ0) is 35.9. The first kappa shape index (κ1) is 47.9. The van der Waals surface area contributed by atoms with Gasteiger partial charge in [-0.1, -0.05) is 175 Å². The molecule has 0 rings (SSSR count). The van der Waals surface area contributed by atoms with Gasteiger partial charge in [-0.3, -0.25) is 9.59 Å². The van der Waals surface area contributed by atoms with Gasteiger partial charge in [0.1, 0.15) is 6.10 Å². The number of rotatable bonds is 40. The van der Waals surface area contributed by atoms with Crippen LogP contribution in [-0.4, -0.2) is 49.2 Å². The molecule has 0 saturated heterocycles. The fraction of sp³-hybridized carbons (Fsp3) is 0.955. The molecule has 0 spiro atoms. The van der Waals surface area contributed by atoms with Crippen molar-refractivity contribution in [3.8, 4) is 0 Å². The predicted molar refractivity (Wildman–Crippen MR) is 212 cm³/mol. The van der Waals surface area contributed by atoms with Gasteiger partial charge in [0.05, 0.1) is 6.61 Å². The van der Waals surface area contributed by atoms with E-state index in [4.69, 9.17) is 9.47 Å². The minimum absolute atomic E-state index is 0.0195. The van der Waals surface area contributed by atoms with Crippen molar-refractivity contribution in [2.75, 3.05) is 26.2 Å². The van der Waals surface area contributed by atoms with Crippen molar-refractivity contribution in [3.63, 3.8) is 0 Å². The molecule has 0 aliphatic heterocycles. The average molecular weight is 694 g/mol. The molecular formula is C44H87NO4. The minimum Gasteiger partial charge on any atom is -0.466 e.